The molecule has 3 rings (SSSR count). The molecule has 0 aliphatic carbocycles. The van der Waals surface area contributed by atoms with Crippen LogP contribution in [0, 0.1) is 0 Å². The fourth-order valence-electron chi connectivity index (χ4n) is 2.87. The summed E-state index contributed by atoms with van der Waals surface area (Å²) in [6, 6.07) is 10.9. The van der Waals surface area contributed by atoms with Crippen LogP contribution in [0.3, 0.4) is 0 Å². The molecule has 6 nitrogen and oxygen atoms in total. The highest BCUT2D eigenvalue weighted by Gasteiger charge is 2.24. The van der Waals surface area contributed by atoms with Crippen molar-refractivity contribution in [3.63, 3.8) is 0 Å². The monoisotopic (exact) mass is 386 g/mol. The van der Waals surface area contributed by atoms with E-state index in [9.17, 15) is 9.59 Å². The number of amides is 2. The van der Waals surface area contributed by atoms with Gasteiger partial charge in [-0.3, -0.25) is 9.59 Å². The minimum absolute atomic E-state index is 0.0478. The molecule has 2 aromatic carbocycles. The van der Waals surface area contributed by atoms with E-state index in [1.807, 2.05) is 25.1 Å². The first-order chi connectivity index (χ1) is 12.9. The van der Waals surface area contributed by atoms with Gasteiger partial charge in [-0.1, -0.05) is 0 Å². The zero-order valence-corrected chi connectivity index (χ0v) is 16.6. The Morgan fingerprint density at radius 3 is 2.67 bits per heavy atom. The number of benzene rings is 2. The number of rotatable bonds is 5. The van der Waals surface area contributed by atoms with E-state index in [0.29, 0.717) is 29.3 Å². The van der Waals surface area contributed by atoms with Crippen molar-refractivity contribution in [2.75, 3.05) is 26.6 Å². The number of nitrogens with one attached hydrogen (secondary N) is 1. The van der Waals surface area contributed by atoms with Gasteiger partial charge in [-0.05, 0) is 37.3 Å². The van der Waals surface area contributed by atoms with Crippen molar-refractivity contribution in [1.29, 1.82) is 0 Å². The van der Waals surface area contributed by atoms with Gasteiger partial charge in [-0.25, -0.2) is 0 Å². The van der Waals surface area contributed by atoms with Crippen LogP contribution in [0.15, 0.2) is 41.3 Å². The Morgan fingerprint density at radius 1 is 1.19 bits per heavy atom. The van der Waals surface area contributed by atoms with Crippen LogP contribution in [0.5, 0.6) is 11.5 Å². The summed E-state index contributed by atoms with van der Waals surface area (Å²) in [4.78, 5) is 27.3. The number of methoxy groups -OCH3 is 2. The molecule has 0 aromatic heterocycles. The van der Waals surface area contributed by atoms with E-state index in [4.69, 9.17) is 9.47 Å². The zero-order valence-electron chi connectivity index (χ0n) is 15.7. The lowest BCUT2D eigenvalue weighted by molar-refractivity contribution is -0.115. The Kier molecular flexibility index (Phi) is 5.60. The lowest BCUT2D eigenvalue weighted by Crippen LogP contribution is -2.28. The molecule has 0 spiro atoms. The lowest BCUT2D eigenvalue weighted by Gasteiger charge is -2.23. The van der Waals surface area contributed by atoms with Gasteiger partial charge in [0.15, 0.2) is 0 Å². The number of thioether (sulfide) groups is 1. The molecule has 1 atom stereocenters. The number of carbonyl (C=O) groups is 2. The standard InChI is InChI=1S/C20H22N2O4S/c1-12-19(23)21-16-9-13(6-8-18(16)27-12)20(24)22(2)11-14-5-7-15(25-3)10-17(14)26-4/h5-10,12H,11H2,1-4H3,(H,21,23). The van der Waals surface area contributed by atoms with Gasteiger partial charge < -0.3 is 19.7 Å². The number of hydrogen-bond acceptors (Lipinski definition) is 5. The smallest absolute Gasteiger partial charge is 0.253 e. The number of nitrogens with zero attached hydrogens (tertiary/aromatic N) is 1. The molecular formula is C20H22N2O4S. The van der Waals surface area contributed by atoms with E-state index in [0.717, 1.165) is 10.5 Å². The molecule has 1 aliphatic heterocycles. The van der Waals surface area contributed by atoms with Crippen LogP contribution in [-0.4, -0.2) is 43.2 Å². The van der Waals surface area contributed by atoms with Gasteiger partial charge in [0, 0.05) is 35.7 Å². The van der Waals surface area contributed by atoms with E-state index in [-0.39, 0.29) is 17.1 Å². The molecule has 2 amide bonds. The van der Waals surface area contributed by atoms with E-state index in [1.54, 1.807) is 44.4 Å². The topological polar surface area (TPSA) is 67.9 Å². The SMILES string of the molecule is COc1ccc(CN(C)C(=O)c2ccc3c(c2)NC(=O)C(C)S3)c(OC)c1. The largest absolute Gasteiger partial charge is 0.497 e. The van der Waals surface area contributed by atoms with Crippen LogP contribution in [0.1, 0.15) is 22.8 Å². The third kappa shape index (κ3) is 4.03. The highest BCUT2D eigenvalue weighted by molar-refractivity contribution is 8.00. The second-order valence-corrected chi connectivity index (χ2v) is 7.68. The summed E-state index contributed by atoms with van der Waals surface area (Å²) in [7, 11) is 4.92. The van der Waals surface area contributed by atoms with Crippen molar-refractivity contribution < 1.29 is 19.1 Å². The second-order valence-electron chi connectivity index (χ2n) is 6.30. The molecule has 0 fully saturated rings. The minimum atomic E-state index is -0.135. The quantitative estimate of drug-likeness (QED) is 0.853. The van der Waals surface area contributed by atoms with Gasteiger partial charge in [-0.15, -0.1) is 11.8 Å². The predicted molar refractivity (Wildman–Crippen MR) is 106 cm³/mol. The molecule has 1 aliphatic rings. The molecule has 0 radical (unpaired) electrons. The Hall–Kier alpha value is -2.67. The normalized spacial score (nSPS) is 15.6. The first-order valence-electron chi connectivity index (χ1n) is 8.51. The lowest BCUT2D eigenvalue weighted by atomic mass is 10.1. The van der Waals surface area contributed by atoms with Crippen molar-refractivity contribution in [1.82, 2.24) is 4.90 Å². The Labute approximate surface area is 162 Å². The Morgan fingerprint density at radius 2 is 1.96 bits per heavy atom. The molecule has 2 aromatic rings. The van der Waals surface area contributed by atoms with E-state index in [2.05, 4.69) is 5.32 Å². The number of hydrogen-bond donors (Lipinski definition) is 1. The first-order valence-corrected chi connectivity index (χ1v) is 9.39. The van der Waals surface area contributed by atoms with E-state index >= 15 is 0 Å². The summed E-state index contributed by atoms with van der Waals surface area (Å²) in [5, 5.41) is 2.73. The zero-order chi connectivity index (χ0) is 19.6. The van der Waals surface area contributed by atoms with Crippen molar-refractivity contribution in [2.45, 2.75) is 23.6 Å². The highest BCUT2D eigenvalue weighted by atomic mass is 32.2. The predicted octanol–water partition coefficient (Wildman–Crippen LogP) is 3.41. The van der Waals surface area contributed by atoms with Crippen LogP contribution in [0.2, 0.25) is 0 Å². The van der Waals surface area contributed by atoms with Crippen molar-refractivity contribution >= 4 is 29.3 Å². The summed E-state index contributed by atoms with van der Waals surface area (Å²) < 4.78 is 10.6. The molecule has 0 saturated heterocycles. The molecular weight excluding hydrogens is 364 g/mol. The van der Waals surface area contributed by atoms with Gasteiger partial charge >= 0.3 is 0 Å². The molecule has 0 bridgehead atoms. The Balaban J connectivity index is 1.78. The number of anilines is 1. The fraction of sp³-hybridized carbons (Fsp3) is 0.300. The summed E-state index contributed by atoms with van der Waals surface area (Å²) >= 11 is 1.49. The second kappa shape index (κ2) is 7.92. The minimum Gasteiger partial charge on any atom is -0.497 e. The van der Waals surface area contributed by atoms with Crippen LogP contribution < -0.4 is 14.8 Å². The van der Waals surface area contributed by atoms with Crippen molar-refractivity contribution in [3.8, 4) is 11.5 Å². The van der Waals surface area contributed by atoms with Crippen LogP contribution in [-0.2, 0) is 11.3 Å². The fourth-order valence-corrected chi connectivity index (χ4v) is 3.80. The molecule has 1 heterocycles. The van der Waals surface area contributed by atoms with Gasteiger partial charge in [-0.2, -0.15) is 0 Å². The van der Waals surface area contributed by atoms with Crippen LogP contribution >= 0.6 is 11.8 Å². The maximum atomic E-state index is 12.8. The summed E-state index contributed by atoms with van der Waals surface area (Å²) in [6.45, 7) is 2.25. The van der Waals surface area contributed by atoms with Crippen molar-refractivity contribution in [2.24, 2.45) is 0 Å². The first kappa shape index (κ1) is 19.1. The van der Waals surface area contributed by atoms with Gasteiger partial charge in [0.1, 0.15) is 11.5 Å². The highest BCUT2D eigenvalue weighted by Crippen LogP contribution is 2.36. The maximum Gasteiger partial charge on any atom is 0.253 e. The number of carbonyl (C=O) groups excluding carboxylic acids is 2. The summed E-state index contributed by atoms with van der Waals surface area (Å²) in [5.74, 6) is 1.18. The summed E-state index contributed by atoms with van der Waals surface area (Å²) in [5.41, 5.74) is 2.09. The van der Waals surface area contributed by atoms with Gasteiger partial charge in [0.25, 0.3) is 5.91 Å². The van der Waals surface area contributed by atoms with E-state index in [1.165, 1.54) is 11.8 Å². The summed E-state index contributed by atoms with van der Waals surface area (Å²) in [6.07, 6.45) is 0. The van der Waals surface area contributed by atoms with Gasteiger partial charge in [0.2, 0.25) is 5.91 Å². The average Bonchev–Trinajstić information content (AvgIpc) is 2.68. The van der Waals surface area contributed by atoms with Gasteiger partial charge in [0.05, 0.1) is 25.2 Å². The average molecular weight is 386 g/mol. The molecule has 27 heavy (non-hydrogen) atoms. The Bertz CT molecular complexity index is 884. The molecule has 1 N–H and O–H groups in total. The third-order valence-corrected chi connectivity index (χ3v) is 5.58. The van der Waals surface area contributed by atoms with Crippen LogP contribution in [0.4, 0.5) is 5.69 Å². The number of ether oxygens (including phenoxy) is 2. The molecule has 7 heteroatoms. The molecule has 142 valence electrons. The third-order valence-electron chi connectivity index (χ3n) is 4.41. The molecule has 0 saturated carbocycles. The number of fused-ring (bicyclic) bond motifs is 1. The molecule has 1 unspecified atom stereocenters. The van der Waals surface area contributed by atoms with Crippen molar-refractivity contribution in [3.05, 3.63) is 47.5 Å². The van der Waals surface area contributed by atoms with E-state index < -0.39 is 0 Å². The maximum absolute atomic E-state index is 12.8. The van der Waals surface area contributed by atoms with Crippen LogP contribution in [0.25, 0.3) is 0 Å².